The number of benzene rings is 1. The van der Waals surface area contributed by atoms with E-state index in [-0.39, 0.29) is 23.9 Å². The molecule has 3 rings (SSSR count). The van der Waals surface area contributed by atoms with Gasteiger partial charge < -0.3 is 14.4 Å². The lowest BCUT2D eigenvalue weighted by atomic mass is 10.2. The van der Waals surface area contributed by atoms with Crippen molar-refractivity contribution in [1.29, 1.82) is 0 Å². The van der Waals surface area contributed by atoms with Gasteiger partial charge in [0, 0.05) is 13.0 Å². The van der Waals surface area contributed by atoms with Gasteiger partial charge in [0.05, 0.1) is 17.8 Å². The molecular formula is C19H19F4N3O3. The van der Waals surface area contributed by atoms with Gasteiger partial charge in [0.25, 0.3) is 11.8 Å². The van der Waals surface area contributed by atoms with Crippen molar-refractivity contribution in [3.8, 4) is 11.6 Å². The Kier molecular flexibility index (Phi) is 6.19. The van der Waals surface area contributed by atoms with Crippen molar-refractivity contribution >= 4 is 5.91 Å². The first kappa shape index (κ1) is 20.8. The number of carbonyl (C=O) groups is 1. The van der Waals surface area contributed by atoms with Crippen LogP contribution in [-0.2, 0) is 17.4 Å². The minimum Gasteiger partial charge on any atom is -0.484 e. The number of aryl methyl sites for hydroxylation is 1. The molecule has 1 aromatic heterocycles. The molecule has 0 bridgehead atoms. The fraction of sp³-hybridized carbons (Fsp3) is 0.421. The molecule has 10 heteroatoms. The van der Waals surface area contributed by atoms with Crippen LogP contribution in [0.5, 0.6) is 11.6 Å². The van der Waals surface area contributed by atoms with Crippen LogP contribution in [0.1, 0.15) is 24.6 Å². The first-order valence-corrected chi connectivity index (χ1v) is 9.01. The third-order valence-corrected chi connectivity index (χ3v) is 4.46. The number of amides is 1. The van der Waals surface area contributed by atoms with E-state index in [0.29, 0.717) is 19.4 Å². The van der Waals surface area contributed by atoms with Crippen molar-refractivity contribution in [2.24, 2.45) is 0 Å². The number of aromatic nitrogens is 2. The molecular weight excluding hydrogens is 394 g/mol. The smallest absolute Gasteiger partial charge is 0.416 e. The van der Waals surface area contributed by atoms with E-state index >= 15 is 0 Å². The van der Waals surface area contributed by atoms with Crippen molar-refractivity contribution < 1.29 is 31.8 Å². The van der Waals surface area contributed by atoms with E-state index in [0.717, 1.165) is 12.1 Å². The largest absolute Gasteiger partial charge is 0.484 e. The molecule has 2 aromatic rings. The van der Waals surface area contributed by atoms with Gasteiger partial charge in [0.1, 0.15) is 18.2 Å². The Morgan fingerprint density at radius 3 is 2.83 bits per heavy atom. The number of rotatable bonds is 6. The molecule has 0 unspecified atom stereocenters. The topological polar surface area (TPSA) is 64.6 Å². The van der Waals surface area contributed by atoms with Gasteiger partial charge in [-0.05, 0) is 24.6 Å². The number of ether oxygens (including phenoxy) is 2. The number of nitrogens with zero attached hydrogens (tertiary/aromatic N) is 3. The van der Waals surface area contributed by atoms with Crippen LogP contribution in [0.2, 0.25) is 0 Å². The van der Waals surface area contributed by atoms with E-state index in [1.807, 2.05) is 0 Å². The van der Waals surface area contributed by atoms with Crippen LogP contribution in [-0.4, -0.2) is 46.6 Å². The molecule has 156 valence electrons. The average molecular weight is 413 g/mol. The zero-order valence-corrected chi connectivity index (χ0v) is 15.6. The lowest BCUT2D eigenvalue weighted by Gasteiger charge is -2.18. The highest BCUT2D eigenvalue weighted by Crippen LogP contribution is 2.31. The first-order valence-electron chi connectivity index (χ1n) is 9.01. The molecule has 1 aromatic carbocycles. The van der Waals surface area contributed by atoms with Crippen LogP contribution in [0.3, 0.4) is 0 Å². The summed E-state index contributed by atoms with van der Waals surface area (Å²) in [6, 6.07) is 4.32. The summed E-state index contributed by atoms with van der Waals surface area (Å²) < 4.78 is 63.1. The van der Waals surface area contributed by atoms with E-state index in [4.69, 9.17) is 9.47 Å². The Morgan fingerprint density at radius 2 is 2.10 bits per heavy atom. The van der Waals surface area contributed by atoms with Crippen LogP contribution < -0.4 is 9.47 Å². The maximum absolute atomic E-state index is 14.2. The molecule has 1 saturated heterocycles. The van der Waals surface area contributed by atoms with Crippen LogP contribution >= 0.6 is 0 Å². The van der Waals surface area contributed by atoms with Gasteiger partial charge in [-0.25, -0.2) is 4.98 Å². The molecule has 1 atom stereocenters. The maximum Gasteiger partial charge on any atom is 0.416 e. The molecule has 0 aliphatic carbocycles. The molecule has 0 N–H and O–H groups in total. The third-order valence-electron chi connectivity index (χ3n) is 4.46. The highest BCUT2D eigenvalue weighted by Gasteiger charge is 2.31. The number of halogens is 4. The highest BCUT2D eigenvalue weighted by molar-refractivity contribution is 5.78. The van der Waals surface area contributed by atoms with Gasteiger partial charge in [-0.15, -0.1) is 0 Å². The Hall–Kier alpha value is -2.91. The molecule has 29 heavy (non-hydrogen) atoms. The summed E-state index contributed by atoms with van der Waals surface area (Å²) in [7, 11) is 0. The minimum atomic E-state index is -4.49. The van der Waals surface area contributed by atoms with E-state index in [1.165, 1.54) is 23.4 Å². The van der Waals surface area contributed by atoms with Gasteiger partial charge in [-0.1, -0.05) is 13.0 Å². The van der Waals surface area contributed by atoms with Crippen LogP contribution in [0.25, 0.3) is 0 Å². The van der Waals surface area contributed by atoms with Gasteiger partial charge in [0.15, 0.2) is 6.61 Å². The second kappa shape index (κ2) is 8.62. The van der Waals surface area contributed by atoms with Crippen LogP contribution in [0, 0.1) is 5.82 Å². The van der Waals surface area contributed by atoms with E-state index < -0.39 is 36.2 Å². The van der Waals surface area contributed by atoms with Gasteiger partial charge in [-0.2, -0.15) is 22.5 Å². The summed E-state index contributed by atoms with van der Waals surface area (Å²) in [6.07, 6.45) is -2.84. The SMILES string of the molecule is CCc1ncnc(O[C@H]2CCN(C(=O)COc3cccc(C(F)(F)F)c3)C2)c1F. The first-order chi connectivity index (χ1) is 13.8. The monoisotopic (exact) mass is 413 g/mol. The normalized spacial score (nSPS) is 16.7. The molecule has 2 heterocycles. The Bertz CT molecular complexity index is 876. The molecule has 0 radical (unpaired) electrons. The summed E-state index contributed by atoms with van der Waals surface area (Å²) in [5.41, 5.74) is -0.606. The second-order valence-corrected chi connectivity index (χ2v) is 6.48. The van der Waals surface area contributed by atoms with Crippen molar-refractivity contribution in [3.05, 3.63) is 47.7 Å². The highest BCUT2D eigenvalue weighted by atomic mass is 19.4. The predicted octanol–water partition coefficient (Wildman–Crippen LogP) is 3.26. The lowest BCUT2D eigenvalue weighted by Crippen LogP contribution is -2.34. The van der Waals surface area contributed by atoms with E-state index in [1.54, 1.807) is 6.92 Å². The number of hydrogen-bond acceptors (Lipinski definition) is 5. The molecule has 1 amide bonds. The quantitative estimate of drug-likeness (QED) is 0.681. The summed E-state index contributed by atoms with van der Waals surface area (Å²) in [4.78, 5) is 21.4. The summed E-state index contributed by atoms with van der Waals surface area (Å²) >= 11 is 0. The predicted molar refractivity (Wildman–Crippen MR) is 93.9 cm³/mol. The molecule has 1 fully saturated rings. The molecule has 1 aliphatic heterocycles. The van der Waals surface area contributed by atoms with Crippen LogP contribution in [0.4, 0.5) is 17.6 Å². The zero-order valence-electron chi connectivity index (χ0n) is 15.6. The molecule has 0 spiro atoms. The lowest BCUT2D eigenvalue weighted by molar-refractivity contribution is -0.137. The number of alkyl halides is 3. The van der Waals surface area contributed by atoms with Crippen molar-refractivity contribution in [2.45, 2.75) is 32.0 Å². The summed E-state index contributed by atoms with van der Waals surface area (Å²) in [5.74, 6) is -1.22. The fourth-order valence-electron chi connectivity index (χ4n) is 2.92. The van der Waals surface area contributed by atoms with Crippen LogP contribution in [0.15, 0.2) is 30.6 Å². The third kappa shape index (κ3) is 5.12. The Morgan fingerprint density at radius 1 is 1.31 bits per heavy atom. The number of likely N-dealkylation sites (tertiary alicyclic amines) is 1. The number of carbonyl (C=O) groups excluding carboxylic acids is 1. The van der Waals surface area contributed by atoms with Crippen molar-refractivity contribution in [3.63, 3.8) is 0 Å². The van der Waals surface area contributed by atoms with Crippen molar-refractivity contribution in [2.75, 3.05) is 19.7 Å². The summed E-state index contributed by atoms with van der Waals surface area (Å²) in [6.45, 7) is 1.92. The second-order valence-electron chi connectivity index (χ2n) is 6.48. The Balaban J connectivity index is 1.53. The minimum absolute atomic E-state index is 0.0460. The van der Waals surface area contributed by atoms with Gasteiger partial charge >= 0.3 is 6.18 Å². The Labute approximate surface area is 164 Å². The fourth-order valence-corrected chi connectivity index (χ4v) is 2.92. The molecule has 6 nitrogen and oxygen atoms in total. The maximum atomic E-state index is 14.2. The van der Waals surface area contributed by atoms with Gasteiger partial charge in [-0.3, -0.25) is 4.79 Å². The number of hydrogen-bond donors (Lipinski definition) is 0. The van der Waals surface area contributed by atoms with Crippen molar-refractivity contribution in [1.82, 2.24) is 14.9 Å². The summed E-state index contributed by atoms with van der Waals surface area (Å²) in [5, 5.41) is 0. The molecule has 1 aliphatic rings. The van der Waals surface area contributed by atoms with E-state index in [2.05, 4.69) is 9.97 Å². The standard InChI is InChI=1S/C19H19F4N3O3/c1-2-15-17(20)18(25-11-24-15)29-14-6-7-26(9-14)16(27)10-28-13-5-3-4-12(8-13)19(21,22)23/h3-5,8,11,14H,2,6-7,9-10H2,1H3/t14-/m0/s1. The average Bonchev–Trinajstić information content (AvgIpc) is 3.16. The van der Waals surface area contributed by atoms with Gasteiger partial charge in [0.2, 0.25) is 5.82 Å². The molecule has 0 saturated carbocycles. The zero-order chi connectivity index (χ0) is 21.0. The van der Waals surface area contributed by atoms with E-state index in [9.17, 15) is 22.4 Å².